The van der Waals surface area contributed by atoms with Crippen LogP contribution in [-0.4, -0.2) is 5.11 Å². The number of hydrogen-bond donors (Lipinski definition) is 1. The van der Waals surface area contributed by atoms with Crippen LogP contribution in [0.3, 0.4) is 0 Å². The summed E-state index contributed by atoms with van der Waals surface area (Å²) < 4.78 is 14.4. The molecule has 0 saturated carbocycles. The quantitative estimate of drug-likeness (QED) is 0.883. The van der Waals surface area contributed by atoms with Crippen molar-refractivity contribution in [3.8, 4) is 0 Å². The van der Waals surface area contributed by atoms with Crippen LogP contribution in [0.5, 0.6) is 0 Å². The first-order valence-electron chi connectivity index (χ1n) is 6.17. The van der Waals surface area contributed by atoms with Crippen LogP contribution in [0.25, 0.3) is 0 Å². The molecular formula is C16H16BrFO. The van der Waals surface area contributed by atoms with Gasteiger partial charge >= 0.3 is 0 Å². The molecule has 0 radical (unpaired) electrons. The highest BCUT2D eigenvalue weighted by atomic mass is 79.9. The maximum Gasteiger partial charge on any atom is 0.130 e. The van der Waals surface area contributed by atoms with E-state index in [0.717, 1.165) is 16.7 Å². The third-order valence-corrected chi connectivity index (χ3v) is 3.94. The molecule has 1 atom stereocenters. The van der Waals surface area contributed by atoms with E-state index in [4.69, 9.17) is 0 Å². The van der Waals surface area contributed by atoms with Gasteiger partial charge in [-0.05, 0) is 37.1 Å². The number of halogens is 2. The Bertz CT molecular complexity index is 575. The number of aliphatic hydroxyl groups is 1. The second kappa shape index (κ2) is 5.85. The minimum Gasteiger partial charge on any atom is -0.388 e. The zero-order valence-electron chi connectivity index (χ0n) is 11.0. The van der Waals surface area contributed by atoms with E-state index < -0.39 is 6.10 Å². The molecule has 0 aromatic heterocycles. The summed E-state index contributed by atoms with van der Waals surface area (Å²) in [6.07, 6.45) is -0.441. The Kier molecular flexibility index (Phi) is 4.38. The van der Waals surface area contributed by atoms with E-state index in [1.165, 1.54) is 6.07 Å². The topological polar surface area (TPSA) is 20.2 Å². The van der Waals surface area contributed by atoms with Crippen molar-refractivity contribution in [3.05, 3.63) is 68.9 Å². The average molecular weight is 323 g/mol. The van der Waals surface area contributed by atoms with Gasteiger partial charge in [0.1, 0.15) is 5.82 Å². The summed E-state index contributed by atoms with van der Waals surface area (Å²) in [7, 11) is 0. The SMILES string of the molecule is Cc1ccc(C)c(CC(O)c2c(F)cccc2Br)c1. The van der Waals surface area contributed by atoms with E-state index in [2.05, 4.69) is 15.9 Å². The van der Waals surface area contributed by atoms with E-state index >= 15 is 0 Å². The molecule has 1 N–H and O–H groups in total. The molecule has 0 aliphatic rings. The Hall–Kier alpha value is -1.19. The van der Waals surface area contributed by atoms with Crippen LogP contribution in [0.2, 0.25) is 0 Å². The standard InChI is InChI=1S/C16H16BrFO/c1-10-6-7-11(2)12(8-10)9-15(19)16-13(17)4-3-5-14(16)18/h3-8,15,19H,9H2,1-2H3. The minimum absolute atomic E-state index is 0.323. The van der Waals surface area contributed by atoms with Gasteiger partial charge in [-0.2, -0.15) is 0 Å². The lowest BCUT2D eigenvalue weighted by Gasteiger charge is -2.15. The van der Waals surface area contributed by atoms with Gasteiger partial charge in [0.15, 0.2) is 0 Å². The molecule has 1 unspecified atom stereocenters. The third kappa shape index (κ3) is 3.23. The molecule has 19 heavy (non-hydrogen) atoms. The van der Waals surface area contributed by atoms with Crippen LogP contribution in [0.4, 0.5) is 4.39 Å². The summed E-state index contributed by atoms with van der Waals surface area (Å²) in [6, 6.07) is 10.8. The van der Waals surface area contributed by atoms with Crippen molar-refractivity contribution < 1.29 is 9.50 Å². The third-order valence-electron chi connectivity index (χ3n) is 3.25. The molecule has 0 saturated heterocycles. The van der Waals surface area contributed by atoms with Gasteiger partial charge in [0.2, 0.25) is 0 Å². The largest absolute Gasteiger partial charge is 0.388 e. The van der Waals surface area contributed by atoms with Gasteiger partial charge < -0.3 is 5.11 Å². The zero-order valence-corrected chi connectivity index (χ0v) is 12.5. The van der Waals surface area contributed by atoms with Crippen molar-refractivity contribution in [2.75, 3.05) is 0 Å². The lowest BCUT2D eigenvalue weighted by atomic mass is 9.96. The van der Waals surface area contributed by atoms with Crippen molar-refractivity contribution in [1.29, 1.82) is 0 Å². The van der Waals surface area contributed by atoms with E-state index in [-0.39, 0.29) is 5.82 Å². The molecule has 2 aromatic rings. The molecule has 3 heteroatoms. The summed E-state index contributed by atoms with van der Waals surface area (Å²) in [6.45, 7) is 4.01. The Morgan fingerprint density at radius 1 is 1.21 bits per heavy atom. The van der Waals surface area contributed by atoms with Crippen LogP contribution in [0.15, 0.2) is 40.9 Å². The van der Waals surface area contributed by atoms with Crippen molar-refractivity contribution in [1.82, 2.24) is 0 Å². The second-order valence-corrected chi connectivity index (χ2v) is 5.64. The highest BCUT2D eigenvalue weighted by molar-refractivity contribution is 9.10. The molecule has 0 bridgehead atoms. The molecule has 0 aliphatic heterocycles. The fourth-order valence-corrected chi connectivity index (χ4v) is 2.77. The van der Waals surface area contributed by atoms with Crippen LogP contribution < -0.4 is 0 Å². The smallest absolute Gasteiger partial charge is 0.130 e. The highest BCUT2D eigenvalue weighted by Crippen LogP contribution is 2.29. The van der Waals surface area contributed by atoms with E-state index in [9.17, 15) is 9.50 Å². The Morgan fingerprint density at radius 2 is 1.95 bits per heavy atom. The molecule has 1 nitrogen and oxygen atoms in total. The summed E-state index contributed by atoms with van der Waals surface area (Å²) >= 11 is 3.29. The Balaban J connectivity index is 2.31. The normalized spacial score (nSPS) is 12.5. The molecule has 0 heterocycles. The van der Waals surface area contributed by atoms with Gasteiger partial charge in [-0.1, -0.05) is 45.8 Å². The van der Waals surface area contributed by atoms with Crippen molar-refractivity contribution in [2.24, 2.45) is 0 Å². The van der Waals surface area contributed by atoms with Gasteiger partial charge in [-0.3, -0.25) is 0 Å². The lowest BCUT2D eigenvalue weighted by Crippen LogP contribution is -2.06. The number of benzene rings is 2. The maximum absolute atomic E-state index is 13.8. The van der Waals surface area contributed by atoms with Gasteiger partial charge in [0, 0.05) is 16.5 Å². The molecule has 0 fully saturated rings. The first kappa shape index (κ1) is 14.2. The average Bonchev–Trinajstić information content (AvgIpc) is 2.33. The zero-order chi connectivity index (χ0) is 14.0. The number of aryl methyl sites for hydroxylation is 2. The van der Waals surface area contributed by atoms with Crippen LogP contribution in [0.1, 0.15) is 28.4 Å². The first-order chi connectivity index (χ1) is 8.99. The molecular weight excluding hydrogens is 307 g/mol. The van der Waals surface area contributed by atoms with Crippen molar-refractivity contribution >= 4 is 15.9 Å². The van der Waals surface area contributed by atoms with Crippen molar-refractivity contribution in [3.63, 3.8) is 0 Å². The molecule has 0 amide bonds. The molecule has 2 aromatic carbocycles. The Morgan fingerprint density at radius 3 is 2.63 bits per heavy atom. The predicted octanol–water partition coefficient (Wildman–Crippen LogP) is 4.48. The van der Waals surface area contributed by atoms with Crippen molar-refractivity contribution in [2.45, 2.75) is 26.4 Å². The van der Waals surface area contributed by atoms with Gasteiger partial charge in [-0.25, -0.2) is 4.39 Å². The summed E-state index contributed by atoms with van der Waals surface area (Å²) in [4.78, 5) is 0. The molecule has 2 rings (SSSR count). The van der Waals surface area contributed by atoms with Crippen LogP contribution >= 0.6 is 15.9 Å². The number of hydrogen-bond acceptors (Lipinski definition) is 1. The van der Waals surface area contributed by atoms with Gasteiger partial charge in [-0.15, -0.1) is 0 Å². The van der Waals surface area contributed by atoms with E-state index in [0.29, 0.717) is 16.5 Å². The van der Waals surface area contributed by atoms with Gasteiger partial charge in [0.05, 0.1) is 6.10 Å². The number of rotatable bonds is 3. The monoisotopic (exact) mass is 322 g/mol. The predicted molar refractivity (Wildman–Crippen MR) is 78.7 cm³/mol. The van der Waals surface area contributed by atoms with Gasteiger partial charge in [0.25, 0.3) is 0 Å². The summed E-state index contributed by atoms with van der Waals surface area (Å²) in [5.74, 6) is -0.382. The van der Waals surface area contributed by atoms with E-state index in [1.54, 1.807) is 12.1 Å². The molecule has 0 spiro atoms. The fraction of sp³-hybridized carbons (Fsp3) is 0.250. The maximum atomic E-state index is 13.8. The van der Waals surface area contributed by atoms with E-state index in [1.807, 2.05) is 32.0 Å². The highest BCUT2D eigenvalue weighted by Gasteiger charge is 2.17. The Labute approximate surface area is 121 Å². The first-order valence-corrected chi connectivity index (χ1v) is 6.96. The lowest BCUT2D eigenvalue weighted by molar-refractivity contribution is 0.172. The molecule has 100 valence electrons. The summed E-state index contributed by atoms with van der Waals surface area (Å²) in [5.41, 5.74) is 3.61. The second-order valence-electron chi connectivity index (χ2n) is 4.79. The fourth-order valence-electron chi connectivity index (χ4n) is 2.16. The molecule has 0 aliphatic carbocycles. The number of aliphatic hydroxyl groups excluding tert-OH is 1. The van der Waals surface area contributed by atoms with Crippen LogP contribution in [0, 0.1) is 19.7 Å². The van der Waals surface area contributed by atoms with Crippen LogP contribution in [-0.2, 0) is 6.42 Å². The summed E-state index contributed by atoms with van der Waals surface area (Å²) in [5, 5.41) is 10.3. The minimum atomic E-state index is -0.851.